The van der Waals surface area contributed by atoms with Gasteiger partial charge in [-0.05, 0) is 28.5 Å². The maximum Gasteiger partial charge on any atom is 0.266 e. The van der Waals surface area contributed by atoms with Gasteiger partial charge >= 0.3 is 0 Å². The van der Waals surface area contributed by atoms with Gasteiger partial charge in [0.25, 0.3) is 5.56 Å². The lowest BCUT2D eigenvalue weighted by Crippen LogP contribution is -2.25. The van der Waals surface area contributed by atoms with Crippen molar-refractivity contribution in [3.8, 4) is 0 Å². The summed E-state index contributed by atoms with van der Waals surface area (Å²) in [5.41, 5.74) is 0.0764. The number of hydrogen-bond donors (Lipinski definition) is 0. The summed E-state index contributed by atoms with van der Waals surface area (Å²) in [4.78, 5) is 15.7. The predicted octanol–water partition coefficient (Wildman–Crippen LogP) is 2.28. The fourth-order valence-corrected chi connectivity index (χ4v) is 1.85. The van der Waals surface area contributed by atoms with E-state index in [9.17, 15) is 4.79 Å². The molecule has 0 aliphatic heterocycles. The van der Waals surface area contributed by atoms with Crippen LogP contribution in [0.25, 0.3) is 0 Å². The van der Waals surface area contributed by atoms with Crippen molar-refractivity contribution in [2.45, 2.75) is 33.2 Å². The van der Waals surface area contributed by atoms with Gasteiger partial charge in [-0.15, -0.1) is 0 Å². The summed E-state index contributed by atoms with van der Waals surface area (Å²) in [6.07, 6.45) is 5.44. The summed E-state index contributed by atoms with van der Waals surface area (Å²) in [5, 5.41) is 0. The van der Waals surface area contributed by atoms with Gasteiger partial charge in [0, 0.05) is 12.7 Å². The van der Waals surface area contributed by atoms with E-state index in [1.807, 2.05) is 22.6 Å². The summed E-state index contributed by atoms with van der Waals surface area (Å²) in [6.45, 7) is 5.09. The van der Waals surface area contributed by atoms with E-state index in [1.165, 1.54) is 0 Å². The van der Waals surface area contributed by atoms with Crippen molar-refractivity contribution in [1.29, 1.82) is 0 Å². The van der Waals surface area contributed by atoms with E-state index in [0.29, 0.717) is 9.49 Å². The Kier molecular flexibility index (Phi) is 4.57. The number of nitrogens with zero attached hydrogens (tertiary/aromatic N) is 2. The molecule has 0 unspecified atom stereocenters. The number of aromatic nitrogens is 2. The van der Waals surface area contributed by atoms with E-state index in [-0.39, 0.29) is 5.56 Å². The van der Waals surface area contributed by atoms with E-state index in [2.05, 4.69) is 18.8 Å². The molecule has 0 aliphatic carbocycles. The van der Waals surface area contributed by atoms with Crippen molar-refractivity contribution in [2.75, 3.05) is 0 Å². The molecular weight excluding hydrogens is 291 g/mol. The zero-order valence-electron chi connectivity index (χ0n) is 8.53. The van der Waals surface area contributed by atoms with Crippen molar-refractivity contribution in [3.05, 3.63) is 26.4 Å². The van der Waals surface area contributed by atoms with Gasteiger partial charge in [-0.1, -0.05) is 26.7 Å². The number of halogens is 1. The van der Waals surface area contributed by atoms with Crippen LogP contribution in [0.2, 0.25) is 0 Å². The first-order chi connectivity index (χ1) is 6.69. The molecule has 1 aromatic rings. The van der Waals surface area contributed by atoms with Gasteiger partial charge in [0.05, 0.1) is 9.90 Å². The molecule has 78 valence electrons. The van der Waals surface area contributed by atoms with Gasteiger partial charge in [0.2, 0.25) is 0 Å². The number of hydrogen-bond acceptors (Lipinski definition) is 2. The molecule has 4 heteroatoms. The highest BCUT2D eigenvalue weighted by Crippen LogP contribution is 2.09. The van der Waals surface area contributed by atoms with Gasteiger partial charge in [0.1, 0.15) is 0 Å². The molecule has 1 rings (SSSR count). The zero-order valence-corrected chi connectivity index (χ0v) is 10.7. The lowest BCUT2D eigenvalue weighted by molar-refractivity contribution is 0.408. The van der Waals surface area contributed by atoms with Crippen molar-refractivity contribution in [3.63, 3.8) is 0 Å². The third kappa shape index (κ3) is 2.80. The van der Waals surface area contributed by atoms with Crippen LogP contribution in [0, 0.1) is 9.49 Å². The minimum atomic E-state index is 0.0764. The summed E-state index contributed by atoms with van der Waals surface area (Å²) < 4.78 is 2.40. The molecule has 0 aliphatic rings. The van der Waals surface area contributed by atoms with Crippen LogP contribution in [0.15, 0.2) is 17.3 Å². The lowest BCUT2D eigenvalue weighted by atomic mass is 10.0. The zero-order chi connectivity index (χ0) is 10.6. The van der Waals surface area contributed by atoms with Crippen molar-refractivity contribution in [1.82, 2.24) is 9.55 Å². The molecule has 1 aromatic heterocycles. The second-order valence-corrected chi connectivity index (χ2v) is 4.54. The Labute approximate surface area is 97.7 Å². The van der Waals surface area contributed by atoms with Gasteiger partial charge < -0.3 is 0 Å². The number of rotatable bonds is 4. The second-order valence-electron chi connectivity index (χ2n) is 3.38. The van der Waals surface area contributed by atoms with Crippen LogP contribution in [-0.4, -0.2) is 9.55 Å². The Bertz CT molecular complexity index is 344. The third-order valence-electron chi connectivity index (χ3n) is 2.47. The Morgan fingerprint density at radius 2 is 2.14 bits per heavy atom. The average molecular weight is 306 g/mol. The van der Waals surface area contributed by atoms with Crippen molar-refractivity contribution in [2.24, 2.45) is 5.92 Å². The molecule has 0 fully saturated rings. The molecule has 0 spiro atoms. The summed E-state index contributed by atoms with van der Waals surface area (Å²) >= 11 is 2.03. The largest absolute Gasteiger partial charge is 0.298 e. The van der Waals surface area contributed by atoms with Gasteiger partial charge in [-0.25, -0.2) is 4.98 Å². The molecule has 0 saturated heterocycles. The van der Waals surface area contributed by atoms with Crippen LogP contribution in [0.3, 0.4) is 0 Å². The highest BCUT2D eigenvalue weighted by molar-refractivity contribution is 14.1. The standard InChI is InChI=1S/C10H15IN2O/c1-3-8(4-2)6-13-7-12-5-9(11)10(13)14/h5,7-8H,3-4,6H2,1-2H3. The lowest BCUT2D eigenvalue weighted by Gasteiger charge is -2.13. The first-order valence-corrected chi connectivity index (χ1v) is 5.96. The monoisotopic (exact) mass is 306 g/mol. The molecule has 0 radical (unpaired) electrons. The molecule has 0 N–H and O–H groups in total. The summed E-state index contributed by atoms with van der Waals surface area (Å²) in [7, 11) is 0. The van der Waals surface area contributed by atoms with Crippen LogP contribution in [0.4, 0.5) is 0 Å². The fourth-order valence-electron chi connectivity index (χ4n) is 1.38. The predicted molar refractivity (Wildman–Crippen MR) is 65.3 cm³/mol. The highest BCUT2D eigenvalue weighted by atomic mass is 127. The van der Waals surface area contributed by atoms with E-state index in [4.69, 9.17) is 0 Å². The van der Waals surface area contributed by atoms with E-state index >= 15 is 0 Å². The highest BCUT2D eigenvalue weighted by Gasteiger charge is 2.07. The Hall–Kier alpha value is -0.390. The van der Waals surface area contributed by atoms with Crippen LogP contribution in [-0.2, 0) is 6.54 Å². The van der Waals surface area contributed by atoms with Crippen molar-refractivity contribution < 1.29 is 0 Å². The molecule has 1 heterocycles. The molecule has 3 nitrogen and oxygen atoms in total. The Morgan fingerprint density at radius 1 is 1.50 bits per heavy atom. The van der Waals surface area contributed by atoms with E-state index in [0.717, 1.165) is 19.4 Å². The van der Waals surface area contributed by atoms with Crippen LogP contribution in [0.5, 0.6) is 0 Å². The molecule has 14 heavy (non-hydrogen) atoms. The molecule has 0 amide bonds. The molecule has 0 bridgehead atoms. The van der Waals surface area contributed by atoms with E-state index < -0.39 is 0 Å². The smallest absolute Gasteiger partial charge is 0.266 e. The molecule has 0 atom stereocenters. The second kappa shape index (κ2) is 5.48. The average Bonchev–Trinajstić information content (AvgIpc) is 2.20. The van der Waals surface area contributed by atoms with E-state index in [1.54, 1.807) is 17.1 Å². The summed E-state index contributed by atoms with van der Waals surface area (Å²) in [6, 6.07) is 0. The Morgan fingerprint density at radius 3 is 2.71 bits per heavy atom. The molecule has 0 saturated carbocycles. The maximum absolute atomic E-state index is 11.7. The topological polar surface area (TPSA) is 34.9 Å². The molecular formula is C10H15IN2O. The van der Waals surface area contributed by atoms with Gasteiger partial charge in [-0.2, -0.15) is 0 Å². The first kappa shape index (κ1) is 11.7. The van der Waals surface area contributed by atoms with Gasteiger partial charge in [-0.3, -0.25) is 9.36 Å². The third-order valence-corrected chi connectivity index (χ3v) is 3.21. The van der Waals surface area contributed by atoms with Gasteiger partial charge in [0.15, 0.2) is 0 Å². The fraction of sp³-hybridized carbons (Fsp3) is 0.600. The first-order valence-electron chi connectivity index (χ1n) is 4.89. The van der Waals surface area contributed by atoms with Crippen LogP contribution >= 0.6 is 22.6 Å². The normalized spacial score (nSPS) is 10.9. The van der Waals surface area contributed by atoms with Crippen LogP contribution in [0.1, 0.15) is 26.7 Å². The van der Waals surface area contributed by atoms with Crippen molar-refractivity contribution >= 4 is 22.6 Å². The van der Waals surface area contributed by atoms with Crippen LogP contribution < -0.4 is 5.56 Å². The maximum atomic E-state index is 11.7. The summed E-state index contributed by atoms with van der Waals surface area (Å²) in [5.74, 6) is 0.577. The minimum absolute atomic E-state index is 0.0764. The molecule has 0 aromatic carbocycles. The minimum Gasteiger partial charge on any atom is -0.298 e. The quantitative estimate of drug-likeness (QED) is 0.800. The Balaban J connectivity index is 2.86. The SMILES string of the molecule is CCC(CC)Cn1cncc(I)c1=O.